The zero-order valence-electron chi connectivity index (χ0n) is 11.1. The molecule has 4 heteroatoms. The highest BCUT2D eigenvalue weighted by Gasteiger charge is 2.16. The van der Waals surface area contributed by atoms with E-state index in [0.717, 1.165) is 37.0 Å². The van der Waals surface area contributed by atoms with Gasteiger partial charge in [0.05, 0.1) is 11.4 Å². The first-order valence-corrected chi connectivity index (χ1v) is 6.76. The van der Waals surface area contributed by atoms with Gasteiger partial charge in [-0.05, 0) is 24.6 Å². The van der Waals surface area contributed by atoms with Crippen molar-refractivity contribution in [2.75, 3.05) is 23.3 Å². The molecule has 0 saturated heterocycles. The zero-order chi connectivity index (χ0) is 13.9. The molecule has 1 aliphatic rings. The molecular formula is C16H16F2N2. The summed E-state index contributed by atoms with van der Waals surface area (Å²) in [6, 6.07) is 11.8. The summed E-state index contributed by atoms with van der Waals surface area (Å²) in [4.78, 5) is 2.13. The molecule has 0 spiro atoms. The van der Waals surface area contributed by atoms with Crippen LogP contribution in [0, 0.1) is 11.6 Å². The maximum Gasteiger partial charge on any atom is 0.131 e. The molecule has 1 N–H and O–H groups in total. The Morgan fingerprint density at radius 1 is 1.10 bits per heavy atom. The lowest BCUT2D eigenvalue weighted by Gasteiger charge is -2.24. The summed E-state index contributed by atoms with van der Waals surface area (Å²) in [5.41, 5.74) is 2.64. The fourth-order valence-corrected chi connectivity index (χ4v) is 2.53. The van der Waals surface area contributed by atoms with Crippen LogP contribution in [0.1, 0.15) is 12.0 Å². The van der Waals surface area contributed by atoms with Crippen molar-refractivity contribution in [3.63, 3.8) is 0 Å². The predicted molar refractivity (Wildman–Crippen MR) is 77.0 cm³/mol. The predicted octanol–water partition coefficient (Wildman–Crippen LogP) is 3.79. The Labute approximate surface area is 117 Å². The van der Waals surface area contributed by atoms with E-state index in [9.17, 15) is 8.78 Å². The number of benzene rings is 2. The Bertz CT molecular complexity index is 613. The minimum Gasteiger partial charge on any atom is -0.383 e. The van der Waals surface area contributed by atoms with Gasteiger partial charge >= 0.3 is 0 Å². The van der Waals surface area contributed by atoms with E-state index in [1.807, 2.05) is 24.3 Å². The lowest BCUT2D eigenvalue weighted by Crippen LogP contribution is -2.23. The number of hydrogen-bond donors (Lipinski definition) is 1. The van der Waals surface area contributed by atoms with Crippen molar-refractivity contribution >= 4 is 11.4 Å². The molecule has 0 aliphatic carbocycles. The lowest BCUT2D eigenvalue weighted by molar-refractivity contribution is 0.569. The summed E-state index contributed by atoms with van der Waals surface area (Å²) < 4.78 is 26.8. The van der Waals surface area contributed by atoms with Gasteiger partial charge in [0.2, 0.25) is 0 Å². The van der Waals surface area contributed by atoms with Crippen LogP contribution in [0.15, 0.2) is 42.5 Å². The number of fused-ring (bicyclic) bond motifs is 1. The van der Waals surface area contributed by atoms with Crippen LogP contribution < -0.4 is 10.2 Å². The van der Waals surface area contributed by atoms with Gasteiger partial charge in [0.1, 0.15) is 11.6 Å². The molecule has 2 nitrogen and oxygen atoms in total. The SMILES string of the molecule is Fc1ccc(CN2CCCNc3ccccc32)c(F)c1. The molecule has 2 aromatic rings. The quantitative estimate of drug-likeness (QED) is 0.896. The summed E-state index contributed by atoms with van der Waals surface area (Å²) in [7, 11) is 0. The van der Waals surface area contributed by atoms with Gasteiger partial charge in [0, 0.05) is 31.3 Å². The molecule has 0 radical (unpaired) electrons. The first-order chi connectivity index (χ1) is 9.74. The normalized spacial score (nSPS) is 14.4. The van der Waals surface area contributed by atoms with Crippen molar-refractivity contribution < 1.29 is 8.78 Å². The van der Waals surface area contributed by atoms with Gasteiger partial charge in [0.25, 0.3) is 0 Å². The van der Waals surface area contributed by atoms with Gasteiger partial charge in [-0.1, -0.05) is 18.2 Å². The number of para-hydroxylation sites is 2. The summed E-state index contributed by atoms with van der Waals surface area (Å²) in [6.45, 7) is 2.20. The summed E-state index contributed by atoms with van der Waals surface area (Å²) >= 11 is 0. The van der Waals surface area contributed by atoms with Crippen molar-refractivity contribution in [1.82, 2.24) is 0 Å². The Kier molecular flexibility index (Phi) is 3.54. The Hall–Kier alpha value is -2.10. The number of halogens is 2. The summed E-state index contributed by atoms with van der Waals surface area (Å²) in [5, 5.41) is 3.37. The van der Waals surface area contributed by atoms with Gasteiger partial charge in [-0.2, -0.15) is 0 Å². The number of nitrogens with zero attached hydrogens (tertiary/aromatic N) is 1. The van der Waals surface area contributed by atoms with Gasteiger partial charge in [0.15, 0.2) is 0 Å². The molecule has 0 aromatic heterocycles. The Morgan fingerprint density at radius 3 is 2.80 bits per heavy atom. The minimum absolute atomic E-state index is 0.449. The smallest absolute Gasteiger partial charge is 0.131 e. The van der Waals surface area contributed by atoms with E-state index in [1.54, 1.807) is 0 Å². The molecule has 20 heavy (non-hydrogen) atoms. The average molecular weight is 274 g/mol. The molecule has 0 unspecified atom stereocenters. The van der Waals surface area contributed by atoms with E-state index in [2.05, 4.69) is 10.2 Å². The van der Waals surface area contributed by atoms with Crippen LogP contribution in [0.5, 0.6) is 0 Å². The molecule has 0 bridgehead atoms. The van der Waals surface area contributed by atoms with E-state index in [0.29, 0.717) is 12.1 Å². The summed E-state index contributed by atoms with van der Waals surface area (Å²) in [5.74, 6) is -1.02. The molecule has 2 aromatic carbocycles. The number of rotatable bonds is 2. The second-order valence-corrected chi connectivity index (χ2v) is 4.95. The maximum absolute atomic E-state index is 13.8. The van der Waals surface area contributed by atoms with Crippen LogP contribution in [0.2, 0.25) is 0 Å². The molecule has 0 atom stereocenters. The Morgan fingerprint density at radius 2 is 1.95 bits per heavy atom. The first-order valence-electron chi connectivity index (χ1n) is 6.76. The van der Waals surface area contributed by atoms with Crippen LogP contribution >= 0.6 is 0 Å². The lowest BCUT2D eigenvalue weighted by atomic mass is 10.1. The average Bonchev–Trinajstić information content (AvgIpc) is 2.65. The highest BCUT2D eigenvalue weighted by Crippen LogP contribution is 2.29. The van der Waals surface area contributed by atoms with Crippen molar-refractivity contribution in [2.45, 2.75) is 13.0 Å². The van der Waals surface area contributed by atoms with Crippen LogP contribution in [-0.2, 0) is 6.54 Å². The molecule has 1 aliphatic heterocycles. The van der Waals surface area contributed by atoms with E-state index < -0.39 is 11.6 Å². The molecule has 3 rings (SSSR count). The topological polar surface area (TPSA) is 15.3 Å². The Balaban J connectivity index is 1.90. The fourth-order valence-electron chi connectivity index (χ4n) is 2.53. The minimum atomic E-state index is -0.538. The highest BCUT2D eigenvalue weighted by atomic mass is 19.1. The van der Waals surface area contributed by atoms with Crippen molar-refractivity contribution in [3.05, 3.63) is 59.7 Å². The second kappa shape index (κ2) is 5.49. The maximum atomic E-state index is 13.8. The van der Waals surface area contributed by atoms with Gasteiger partial charge in [-0.15, -0.1) is 0 Å². The van der Waals surface area contributed by atoms with Crippen LogP contribution in [0.4, 0.5) is 20.2 Å². The number of hydrogen-bond acceptors (Lipinski definition) is 2. The van der Waals surface area contributed by atoms with Gasteiger partial charge < -0.3 is 10.2 Å². The monoisotopic (exact) mass is 274 g/mol. The molecule has 0 amide bonds. The second-order valence-electron chi connectivity index (χ2n) is 4.95. The van der Waals surface area contributed by atoms with Crippen molar-refractivity contribution in [1.29, 1.82) is 0 Å². The molecule has 0 fully saturated rings. The third-order valence-electron chi connectivity index (χ3n) is 3.54. The molecule has 104 valence electrons. The third-order valence-corrected chi connectivity index (χ3v) is 3.54. The van der Waals surface area contributed by atoms with Crippen molar-refractivity contribution in [3.8, 4) is 0 Å². The fraction of sp³-hybridized carbons (Fsp3) is 0.250. The zero-order valence-corrected chi connectivity index (χ0v) is 11.1. The van der Waals surface area contributed by atoms with E-state index >= 15 is 0 Å². The number of nitrogens with one attached hydrogen (secondary N) is 1. The first kappa shape index (κ1) is 12.9. The largest absolute Gasteiger partial charge is 0.383 e. The van der Waals surface area contributed by atoms with Crippen LogP contribution in [0.25, 0.3) is 0 Å². The molecule has 1 heterocycles. The van der Waals surface area contributed by atoms with E-state index in [1.165, 1.54) is 12.1 Å². The molecular weight excluding hydrogens is 258 g/mol. The summed E-state index contributed by atoms with van der Waals surface area (Å²) in [6.07, 6.45) is 0.984. The number of anilines is 2. The van der Waals surface area contributed by atoms with Gasteiger partial charge in [-0.3, -0.25) is 0 Å². The van der Waals surface area contributed by atoms with Crippen molar-refractivity contribution in [2.24, 2.45) is 0 Å². The third kappa shape index (κ3) is 2.59. The van der Waals surface area contributed by atoms with Crippen LogP contribution in [0.3, 0.4) is 0 Å². The molecule has 0 saturated carbocycles. The van der Waals surface area contributed by atoms with E-state index in [4.69, 9.17) is 0 Å². The van der Waals surface area contributed by atoms with Gasteiger partial charge in [-0.25, -0.2) is 8.78 Å². The highest BCUT2D eigenvalue weighted by molar-refractivity contribution is 5.70. The van der Waals surface area contributed by atoms with Crippen LogP contribution in [-0.4, -0.2) is 13.1 Å². The standard InChI is InChI=1S/C16H16F2N2/c17-13-7-6-12(14(18)10-13)11-20-9-3-8-19-15-4-1-2-5-16(15)20/h1-2,4-7,10,19H,3,8-9,11H2. The van der Waals surface area contributed by atoms with E-state index in [-0.39, 0.29) is 0 Å².